The van der Waals surface area contributed by atoms with Crippen molar-refractivity contribution in [2.24, 2.45) is 0 Å². The lowest BCUT2D eigenvalue weighted by atomic mass is 10.1. The van der Waals surface area contributed by atoms with Crippen molar-refractivity contribution in [1.29, 1.82) is 0 Å². The first-order valence-corrected chi connectivity index (χ1v) is 7.82. The normalized spacial score (nSPS) is 18.5. The average Bonchev–Trinajstić information content (AvgIpc) is 2.58. The Morgan fingerprint density at radius 3 is 2.00 bits per heavy atom. The molecule has 0 aromatic carbocycles. The van der Waals surface area contributed by atoms with Gasteiger partial charge in [0.2, 0.25) is 0 Å². The highest BCUT2D eigenvalue weighted by Crippen LogP contribution is 2.16. The average molecular weight is 240 g/mol. The van der Waals surface area contributed by atoms with E-state index in [1.54, 1.807) is 0 Å². The third kappa shape index (κ3) is 7.05. The minimum atomic E-state index is 0.808. The van der Waals surface area contributed by atoms with E-state index in [0.29, 0.717) is 0 Å². The molecule has 0 spiro atoms. The molecule has 0 radical (unpaired) electrons. The van der Waals surface area contributed by atoms with Crippen molar-refractivity contribution in [2.75, 3.05) is 26.2 Å². The highest BCUT2D eigenvalue weighted by Gasteiger charge is 2.11. The van der Waals surface area contributed by atoms with Gasteiger partial charge in [-0.05, 0) is 38.8 Å². The standard InChI is InChI=1S/C15H32N2/c1-3-12-17(13-4-2)14-11-16-15-9-7-5-6-8-10-15/h15-16H,3-14H2,1-2H3. The number of nitrogens with zero attached hydrogens (tertiary/aromatic N) is 1. The van der Waals surface area contributed by atoms with Crippen LogP contribution in [0, 0.1) is 0 Å². The number of rotatable bonds is 8. The Balaban J connectivity index is 2.10. The first kappa shape index (κ1) is 15.0. The summed E-state index contributed by atoms with van der Waals surface area (Å²) in [5.74, 6) is 0. The van der Waals surface area contributed by atoms with E-state index in [4.69, 9.17) is 0 Å². The molecule has 1 fully saturated rings. The second-order valence-electron chi connectivity index (χ2n) is 5.48. The molecule has 102 valence electrons. The first-order valence-electron chi connectivity index (χ1n) is 7.82. The van der Waals surface area contributed by atoms with Crippen LogP contribution in [0.1, 0.15) is 65.2 Å². The van der Waals surface area contributed by atoms with Gasteiger partial charge in [-0.2, -0.15) is 0 Å². The Morgan fingerprint density at radius 2 is 1.47 bits per heavy atom. The quantitative estimate of drug-likeness (QED) is 0.654. The Hall–Kier alpha value is -0.0800. The largest absolute Gasteiger partial charge is 0.313 e. The molecule has 0 unspecified atom stereocenters. The molecular formula is C15H32N2. The molecular weight excluding hydrogens is 208 g/mol. The SMILES string of the molecule is CCCN(CCC)CCNC1CCCCCC1. The van der Waals surface area contributed by atoms with Crippen LogP contribution in [0.15, 0.2) is 0 Å². The molecule has 0 heterocycles. The molecule has 1 rings (SSSR count). The number of hydrogen-bond donors (Lipinski definition) is 1. The summed E-state index contributed by atoms with van der Waals surface area (Å²) in [7, 11) is 0. The molecule has 1 saturated carbocycles. The molecule has 2 heteroatoms. The van der Waals surface area contributed by atoms with E-state index in [1.165, 1.54) is 77.5 Å². The summed E-state index contributed by atoms with van der Waals surface area (Å²) >= 11 is 0. The molecule has 0 amide bonds. The van der Waals surface area contributed by atoms with Gasteiger partial charge < -0.3 is 10.2 Å². The molecule has 0 aliphatic heterocycles. The van der Waals surface area contributed by atoms with Gasteiger partial charge in [-0.25, -0.2) is 0 Å². The zero-order valence-electron chi connectivity index (χ0n) is 12.0. The summed E-state index contributed by atoms with van der Waals surface area (Å²) in [6.45, 7) is 9.51. The van der Waals surface area contributed by atoms with Crippen LogP contribution in [-0.4, -0.2) is 37.1 Å². The highest BCUT2D eigenvalue weighted by molar-refractivity contribution is 4.71. The summed E-state index contributed by atoms with van der Waals surface area (Å²) in [4.78, 5) is 2.60. The molecule has 1 N–H and O–H groups in total. The van der Waals surface area contributed by atoms with Crippen LogP contribution >= 0.6 is 0 Å². The second kappa shape index (κ2) is 9.90. The van der Waals surface area contributed by atoms with Gasteiger partial charge >= 0.3 is 0 Å². The van der Waals surface area contributed by atoms with E-state index in [9.17, 15) is 0 Å². The maximum absolute atomic E-state index is 3.77. The predicted octanol–water partition coefficient (Wildman–Crippen LogP) is 3.42. The van der Waals surface area contributed by atoms with Crippen LogP contribution < -0.4 is 5.32 Å². The zero-order chi connectivity index (χ0) is 12.3. The minimum absolute atomic E-state index is 0.808. The maximum Gasteiger partial charge on any atom is 0.0107 e. The third-order valence-corrected chi connectivity index (χ3v) is 3.80. The van der Waals surface area contributed by atoms with Crippen LogP contribution in [0.25, 0.3) is 0 Å². The number of nitrogens with one attached hydrogen (secondary N) is 1. The summed E-state index contributed by atoms with van der Waals surface area (Å²) in [5.41, 5.74) is 0. The third-order valence-electron chi connectivity index (χ3n) is 3.80. The molecule has 0 atom stereocenters. The monoisotopic (exact) mass is 240 g/mol. The topological polar surface area (TPSA) is 15.3 Å². The zero-order valence-corrected chi connectivity index (χ0v) is 12.0. The van der Waals surface area contributed by atoms with Crippen LogP contribution in [0.2, 0.25) is 0 Å². The molecule has 17 heavy (non-hydrogen) atoms. The molecule has 1 aliphatic carbocycles. The molecule has 0 saturated heterocycles. The minimum Gasteiger partial charge on any atom is -0.313 e. The van der Waals surface area contributed by atoms with Crippen LogP contribution in [0.3, 0.4) is 0 Å². The molecule has 0 aromatic rings. The van der Waals surface area contributed by atoms with Gasteiger partial charge in [0.25, 0.3) is 0 Å². The van der Waals surface area contributed by atoms with Crippen molar-refractivity contribution >= 4 is 0 Å². The lowest BCUT2D eigenvalue weighted by molar-refractivity contribution is 0.267. The van der Waals surface area contributed by atoms with Gasteiger partial charge in [0.05, 0.1) is 0 Å². The lowest BCUT2D eigenvalue weighted by Gasteiger charge is -2.23. The van der Waals surface area contributed by atoms with Gasteiger partial charge in [0.15, 0.2) is 0 Å². The Labute approximate surface area is 108 Å². The predicted molar refractivity (Wildman–Crippen MR) is 76.5 cm³/mol. The van der Waals surface area contributed by atoms with E-state index >= 15 is 0 Å². The Kier molecular flexibility index (Phi) is 8.72. The fraction of sp³-hybridized carbons (Fsp3) is 1.00. The lowest BCUT2D eigenvalue weighted by Crippen LogP contribution is -2.37. The highest BCUT2D eigenvalue weighted by atomic mass is 15.1. The Morgan fingerprint density at radius 1 is 0.882 bits per heavy atom. The van der Waals surface area contributed by atoms with Gasteiger partial charge in [-0.1, -0.05) is 39.5 Å². The van der Waals surface area contributed by atoms with Crippen molar-refractivity contribution in [1.82, 2.24) is 10.2 Å². The van der Waals surface area contributed by atoms with Crippen LogP contribution in [-0.2, 0) is 0 Å². The van der Waals surface area contributed by atoms with Crippen molar-refractivity contribution in [3.8, 4) is 0 Å². The van der Waals surface area contributed by atoms with Crippen molar-refractivity contribution in [2.45, 2.75) is 71.3 Å². The van der Waals surface area contributed by atoms with Crippen molar-refractivity contribution < 1.29 is 0 Å². The van der Waals surface area contributed by atoms with E-state index in [2.05, 4.69) is 24.1 Å². The van der Waals surface area contributed by atoms with Gasteiger partial charge in [-0.15, -0.1) is 0 Å². The van der Waals surface area contributed by atoms with Crippen molar-refractivity contribution in [3.05, 3.63) is 0 Å². The Bertz CT molecular complexity index is 154. The maximum atomic E-state index is 3.77. The van der Waals surface area contributed by atoms with Gasteiger partial charge in [0.1, 0.15) is 0 Å². The summed E-state index contributed by atoms with van der Waals surface area (Å²) < 4.78 is 0. The van der Waals surface area contributed by atoms with Crippen LogP contribution in [0.5, 0.6) is 0 Å². The number of hydrogen-bond acceptors (Lipinski definition) is 2. The molecule has 2 nitrogen and oxygen atoms in total. The van der Waals surface area contributed by atoms with Gasteiger partial charge in [-0.3, -0.25) is 0 Å². The van der Waals surface area contributed by atoms with E-state index in [-0.39, 0.29) is 0 Å². The summed E-state index contributed by atoms with van der Waals surface area (Å²) in [5, 5.41) is 3.77. The molecule has 0 aromatic heterocycles. The molecule has 1 aliphatic rings. The summed E-state index contributed by atoms with van der Waals surface area (Å²) in [6.07, 6.45) is 11.2. The van der Waals surface area contributed by atoms with Gasteiger partial charge in [0, 0.05) is 19.1 Å². The van der Waals surface area contributed by atoms with Crippen LogP contribution in [0.4, 0.5) is 0 Å². The van der Waals surface area contributed by atoms with E-state index in [0.717, 1.165) is 6.04 Å². The molecule has 0 bridgehead atoms. The fourth-order valence-electron chi connectivity index (χ4n) is 2.88. The fourth-order valence-corrected chi connectivity index (χ4v) is 2.88. The second-order valence-corrected chi connectivity index (χ2v) is 5.48. The van der Waals surface area contributed by atoms with Crippen molar-refractivity contribution in [3.63, 3.8) is 0 Å². The van der Waals surface area contributed by atoms with E-state index in [1.807, 2.05) is 0 Å². The summed E-state index contributed by atoms with van der Waals surface area (Å²) in [6, 6.07) is 0.808. The first-order chi connectivity index (χ1) is 8.36. The van der Waals surface area contributed by atoms with E-state index < -0.39 is 0 Å². The smallest absolute Gasteiger partial charge is 0.0107 e.